The largest absolute Gasteiger partial charge is 0.455 e. The first-order valence-electron chi connectivity index (χ1n) is 9.99. The number of fused-ring (bicyclic) bond motifs is 3. The van der Waals surface area contributed by atoms with Crippen molar-refractivity contribution in [2.75, 3.05) is 0 Å². The molecule has 0 atom stereocenters. The predicted octanol–water partition coefficient (Wildman–Crippen LogP) is 6.23. The second-order valence-corrected chi connectivity index (χ2v) is 7.81. The molecule has 5 aromatic rings. The summed E-state index contributed by atoms with van der Waals surface area (Å²) in [5.41, 5.74) is 8.91. The van der Waals surface area contributed by atoms with Crippen LogP contribution in [-0.2, 0) is 7.05 Å². The van der Waals surface area contributed by atoms with Crippen LogP contribution in [-0.4, -0.2) is 0 Å². The molecule has 0 saturated heterocycles. The minimum absolute atomic E-state index is 0.636. The molecule has 0 spiro atoms. The van der Waals surface area contributed by atoms with E-state index < -0.39 is 0 Å². The average molecular weight is 389 g/mol. The average Bonchev–Trinajstić information content (AvgIpc) is 3.13. The maximum atomic E-state index is 9.75. The molecule has 3 aromatic carbocycles. The molecule has 3 heteroatoms. The van der Waals surface area contributed by atoms with Gasteiger partial charge in [-0.15, -0.1) is 0 Å². The molecule has 0 aliphatic rings. The van der Waals surface area contributed by atoms with Crippen LogP contribution in [0, 0.1) is 25.2 Å². The number of aryl methyl sites for hydroxylation is 3. The smallest absolute Gasteiger partial charge is 0.212 e. The van der Waals surface area contributed by atoms with Gasteiger partial charge in [-0.3, -0.25) is 0 Å². The zero-order chi connectivity index (χ0) is 20.8. The number of aromatic nitrogens is 1. The zero-order valence-electron chi connectivity index (χ0n) is 17.2. The van der Waals surface area contributed by atoms with E-state index in [1.807, 2.05) is 30.3 Å². The molecule has 3 nitrogen and oxygen atoms in total. The summed E-state index contributed by atoms with van der Waals surface area (Å²) >= 11 is 0. The monoisotopic (exact) mass is 389 g/mol. The molecule has 0 radical (unpaired) electrons. The Labute approximate surface area is 175 Å². The maximum Gasteiger partial charge on any atom is 0.212 e. The van der Waals surface area contributed by atoms with Crippen LogP contribution in [0.3, 0.4) is 0 Å². The van der Waals surface area contributed by atoms with Gasteiger partial charge in [-0.05, 0) is 54.8 Å². The van der Waals surface area contributed by atoms with E-state index in [4.69, 9.17) is 4.42 Å². The van der Waals surface area contributed by atoms with E-state index in [1.54, 1.807) is 0 Å². The van der Waals surface area contributed by atoms with Crippen molar-refractivity contribution >= 4 is 21.9 Å². The van der Waals surface area contributed by atoms with Crippen LogP contribution < -0.4 is 4.57 Å². The van der Waals surface area contributed by atoms with Gasteiger partial charge in [-0.25, -0.2) is 4.57 Å². The topological polar surface area (TPSA) is 40.8 Å². The van der Waals surface area contributed by atoms with Gasteiger partial charge in [0, 0.05) is 28.5 Å². The Balaban J connectivity index is 1.85. The summed E-state index contributed by atoms with van der Waals surface area (Å²) in [5.74, 6) is 0. The molecule has 0 bridgehead atoms. The normalized spacial score (nSPS) is 11.1. The fourth-order valence-electron chi connectivity index (χ4n) is 4.19. The molecule has 144 valence electrons. The van der Waals surface area contributed by atoms with Crippen molar-refractivity contribution in [3.63, 3.8) is 0 Å². The highest BCUT2D eigenvalue weighted by atomic mass is 16.3. The highest BCUT2D eigenvalue weighted by molar-refractivity contribution is 6.13. The molecule has 0 N–H and O–H groups in total. The lowest BCUT2D eigenvalue weighted by molar-refractivity contribution is -0.660. The van der Waals surface area contributed by atoms with Crippen LogP contribution in [0.1, 0.15) is 16.7 Å². The number of hydrogen-bond donors (Lipinski definition) is 0. The Morgan fingerprint density at radius 1 is 0.900 bits per heavy atom. The SMILES string of the molecule is Cc1cc[n+](C)c(-c2cc3oc4c(-c5ccccc5)ccc(C#N)c4c3cc2C)c1. The molecule has 30 heavy (non-hydrogen) atoms. The summed E-state index contributed by atoms with van der Waals surface area (Å²) in [5, 5.41) is 11.6. The number of nitriles is 1. The Morgan fingerprint density at radius 2 is 1.70 bits per heavy atom. The van der Waals surface area contributed by atoms with Crippen molar-refractivity contribution in [3.05, 3.63) is 89.6 Å². The summed E-state index contributed by atoms with van der Waals surface area (Å²) in [6.45, 7) is 4.22. The van der Waals surface area contributed by atoms with Crippen LogP contribution in [0.5, 0.6) is 0 Å². The Morgan fingerprint density at radius 3 is 2.47 bits per heavy atom. The van der Waals surface area contributed by atoms with Crippen LogP contribution in [0.25, 0.3) is 44.3 Å². The van der Waals surface area contributed by atoms with Gasteiger partial charge >= 0.3 is 0 Å². The fraction of sp³-hybridized carbons (Fsp3) is 0.111. The first kappa shape index (κ1) is 18.1. The third-order valence-electron chi connectivity index (χ3n) is 5.75. The van der Waals surface area contributed by atoms with Gasteiger partial charge in [0.1, 0.15) is 18.2 Å². The Bertz CT molecular complexity index is 1470. The van der Waals surface area contributed by atoms with Gasteiger partial charge in [0.2, 0.25) is 5.69 Å². The molecule has 5 rings (SSSR count). The first-order valence-corrected chi connectivity index (χ1v) is 9.99. The van der Waals surface area contributed by atoms with E-state index in [9.17, 15) is 5.26 Å². The number of rotatable bonds is 2. The van der Waals surface area contributed by atoms with Crippen molar-refractivity contribution in [3.8, 4) is 28.5 Å². The van der Waals surface area contributed by atoms with E-state index in [0.29, 0.717) is 5.56 Å². The zero-order valence-corrected chi connectivity index (χ0v) is 17.2. The van der Waals surface area contributed by atoms with Gasteiger partial charge in [-0.1, -0.05) is 30.3 Å². The molecule has 0 aliphatic heterocycles. The minimum atomic E-state index is 0.636. The van der Waals surface area contributed by atoms with Crippen molar-refractivity contribution in [1.29, 1.82) is 5.26 Å². The lowest BCUT2D eigenvalue weighted by Crippen LogP contribution is -2.30. The van der Waals surface area contributed by atoms with E-state index in [1.165, 1.54) is 5.56 Å². The van der Waals surface area contributed by atoms with E-state index in [2.05, 4.69) is 74.1 Å². The van der Waals surface area contributed by atoms with E-state index >= 15 is 0 Å². The Hall–Kier alpha value is -3.90. The highest BCUT2D eigenvalue weighted by Crippen LogP contribution is 2.39. The molecular weight excluding hydrogens is 368 g/mol. The van der Waals surface area contributed by atoms with Crippen LogP contribution in [0.4, 0.5) is 0 Å². The van der Waals surface area contributed by atoms with Crippen molar-refractivity contribution < 1.29 is 8.98 Å². The summed E-state index contributed by atoms with van der Waals surface area (Å²) in [4.78, 5) is 0. The number of hydrogen-bond acceptors (Lipinski definition) is 2. The van der Waals surface area contributed by atoms with Gasteiger partial charge in [0.15, 0.2) is 6.20 Å². The standard InChI is InChI=1S/C27H21N2O/c1-17-11-12-29(3)24(13-17)22-15-25-23(14-18(22)2)26-20(16-28)9-10-21(27(26)30-25)19-7-5-4-6-8-19/h4-15H,1-3H3/q+1. The molecule has 0 aliphatic carbocycles. The number of pyridine rings is 1. The van der Waals surface area contributed by atoms with Gasteiger partial charge in [0.25, 0.3) is 0 Å². The first-order chi connectivity index (χ1) is 14.6. The lowest BCUT2D eigenvalue weighted by Gasteiger charge is -2.06. The quantitative estimate of drug-likeness (QED) is 0.336. The molecule has 0 amide bonds. The summed E-state index contributed by atoms with van der Waals surface area (Å²) in [6, 6.07) is 24.9. The third kappa shape index (κ3) is 2.77. The third-order valence-corrected chi connectivity index (χ3v) is 5.75. The Kier molecular flexibility index (Phi) is 4.15. The van der Waals surface area contributed by atoms with Gasteiger partial charge < -0.3 is 4.42 Å². The molecule has 0 saturated carbocycles. The molecule has 2 heterocycles. The molecule has 0 fully saturated rings. The minimum Gasteiger partial charge on any atom is -0.455 e. The molecular formula is C27H21N2O+. The van der Waals surface area contributed by atoms with Crippen molar-refractivity contribution in [1.82, 2.24) is 0 Å². The van der Waals surface area contributed by atoms with Crippen LogP contribution in [0.2, 0.25) is 0 Å². The van der Waals surface area contributed by atoms with Crippen LogP contribution in [0.15, 0.2) is 77.3 Å². The second-order valence-electron chi connectivity index (χ2n) is 7.81. The van der Waals surface area contributed by atoms with Crippen LogP contribution >= 0.6 is 0 Å². The summed E-state index contributed by atoms with van der Waals surface area (Å²) < 4.78 is 8.53. The van der Waals surface area contributed by atoms with Gasteiger partial charge in [0.05, 0.1) is 17.2 Å². The second kappa shape index (κ2) is 6.86. The number of benzene rings is 3. The summed E-state index contributed by atoms with van der Waals surface area (Å²) in [7, 11) is 2.05. The lowest BCUT2D eigenvalue weighted by atomic mass is 9.96. The fourth-order valence-corrected chi connectivity index (χ4v) is 4.19. The molecule has 0 unspecified atom stereocenters. The predicted molar refractivity (Wildman–Crippen MR) is 120 cm³/mol. The maximum absolute atomic E-state index is 9.75. The molecule has 2 aromatic heterocycles. The number of furan rings is 1. The van der Waals surface area contributed by atoms with Gasteiger partial charge in [-0.2, -0.15) is 5.26 Å². The van der Waals surface area contributed by atoms with E-state index in [-0.39, 0.29) is 0 Å². The highest BCUT2D eigenvalue weighted by Gasteiger charge is 2.20. The van der Waals surface area contributed by atoms with Crippen molar-refractivity contribution in [2.24, 2.45) is 7.05 Å². The van der Waals surface area contributed by atoms with E-state index in [0.717, 1.165) is 49.9 Å². The number of nitrogens with zero attached hydrogens (tertiary/aromatic N) is 2. The summed E-state index contributed by atoms with van der Waals surface area (Å²) in [6.07, 6.45) is 2.08. The van der Waals surface area contributed by atoms with Crippen molar-refractivity contribution in [2.45, 2.75) is 13.8 Å².